The first-order valence-electron chi connectivity index (χ1n) is 5.73. The molecular formula is C13H20ClN. The van der Waals surface area contributed by atoms with Crippen molar-refractivity contribution < 1.29 is 0 Å². The summed E-state index contributed by atoms with van der Waals surface area (Å²) in [7, 11) is 0. The number of halogens is 1. The molecule has 1 aromatic rings. The number of hydrogen-bond acceptors (Lipinski definition) is 1. The molecule has 0 saturated heterocycles. The minimum Gasteiger partial charge on any atom is -0.297 e. The minimum atomic E-state index is 0.452. The molecule has 15 heavy (non-hydrogen) atoms. The molecule has 1 unspecified atom stereocenters. The normalized spacial score (nSPS) is 13.1. The van der Waals surface area contributed by atoms with E-state index in [0.717, 1.165) is 24.5 Å². The Kier molecular flexibility index (Phi) is 5.13. The third kappa shape index (κ3) is 2.96. The summed E-state index contributed by atoms with van der Waals surface area (Å²) >= 11 is 6.23. The average Bonchev–Trinajstić information content (AvgIpc) is 2.27. The molecule has 1 atom stereocenters. The monoisotopic (exact) mass is 225 g/mol. The second kappa shape index (κ2) is 6.14. The predicted molar refractivity (Wildman–Crippen MR) is 67.4 cm³/mol. The van der Waals surface area contributed by atoms with Crippen LogP contribution in [0.25, 0.3) is 0 Å². The Morgan fingerprint density at radius 3 is 2.20 bits per heavy atom. The zero-order chi connectivity index (χ0) is 11.3. The highest BCUT2D eigenvalue weighted by Crippen LogP contribution is 2.29. The SMILES string of the molecule is CCC(c1ccccc1Cl)N(CC)CC. The second-order valence-corrected chi connectivity index (χ2v) is 4.07. The third-order valence-corrected chi connectivity index (χ3v) is 3.25. The minimum absolute atomic E-state index is 0.452. The van der Waals surface area contributed by atoms with Gasteiger partial charge in [-0.25, -0.2) is 0 Å². The fraction of sp³-hybridized carbons (Fsp3) is 0.538. The van der Waals surface area contributed by atoms with Gasteiger partial charge in [-0.1, -0.05) is 50.6 Å². The van der Waals surface area contributed by atoms with Crippen molar-refractivity contribution in [3.05, 3.63) is 34.9 Å². The maximum Gasteiger partial charge on any atom is 0.0453 e. The molecule has 0 radical (unpaired) electrons. The first-order chi connectivity index (χ1) is 7.24. The number of benzene rings is 1. The van der Waals surface area contributed by atoms with E-state index in [1.165, 1.54) is 5.56 Å². The van der Waals surface area contributed by atoms with Crippen molar-refractivity contribution in [1.29, 1.82) is 0 Å². The van der Waals surface area contributed by atoms with Crippen molar-refractivity contribution in [2.24, 2.45) is 0 Å². The molecule has 0 fully saturated rings. The smallest absolute Gasteiger partial charge is 0.0453 e. The summed E-state index contributed by atoms with van der Waals surface area (Å²) in [5.74, 6) is 0. The molecule has 0 aliphatic heterocycles. The highest BCUT2D eigenvalue weighted by Gasteiger charge is 2.17. The van der Waals surface area contributed by atoms with Gasteiger partial charge in [0.15, 0.2) is 0 Å². The number of hydrogen-bond donors (Lipinski definition) is 0. The Balaban J connectivity index is 2.96. The van der Waals surface area contributed by atoms with E-state index in [1.54, 1.807) is 0 Å². The van der Waals surface area contributed by atoms with Crippen LogP contribution in [-0.2, 0) is 0 Å². The van der Waals surface area contributed by atoms with Crippen LogP contribution in [0, 0.1) is 0 Å². The Bertz CT molecular complexity index is 294. The van der Waals surface area contributed by atoms with Gasteiger partial charge in [-0.3, -0.25) is 4.90 Å². The number of rotatable bonds is 5. The highest BCUT2D eigenvalue weighted by molar-refractivity contribution is 6.31. The van der Waals surface area contributed by atoms with Gasteiger partial charge in [0.25, 0.3) is 0 Å². The molecule has 84 valence electrons. The molecule has 0 N–H and O–H groups in total. The summed E-state index contributed by atoms with van der Waals surface area (Å²) in [5, 5.41) is 0.885. The Morgan fingerprint density at radius 2 is 1.73 bits per heavy atom. The van der Waals surface area contributed by atoms with Crippen molar-refractivity contribution in [3.63, 3.8) is 0 Å². The molecule has 1 nitrogen and oxygen atoms in total. The van der Waals surface area contributed by atoms with Gasteiger partial charge in [-0.15, -0.1) is 0 Å². The van der Waals surface area contributed by atoms with Gasteiger partial charge in [-0.05, 0) is 31.1 Å². The fourth-order valence-electron chi connectivity index (χ4n) is 2.08. The van der Waals surface area contributed by atoms with E-state index in [1.807, 2.05) is 12.1 Å². The zero-order valence-corrected chi connectivity index (χ0v) is 10.6. The van der Waals surface area contributed by atoms with Crippen molar-refractivity contribution in [3.8, 4) is 0 Å². The second-order valence-electron chi connectivity index (χ2n) is 3.67. The molecule has 0 aliphatic carbocycles. The first-order valence-corrected chi connectivity index (χ1v) is 6.10. The van der Waals surface area contributed by atoms with E-state index < -0.39 is 0 Å². The lowest BCUT2D eigenvalue weighted by Gasteiger charge is -2.29. The van der Waals surface area contributed by atoms with Crippen LogP contribution in [0.3, 0.4) is 0 Å². The van der Waals surface area contributed by atoms with E-state index in [4.69, 9.17) is 11.6 Å². The summed E-state index contributed by atoms with van der Waals surface area (Å²) < 4.78 is 0. The van der Waals surface area contributed by atoms with Crippen LogP contribution < -0.4 is 0 Å². The van der Waals surface area contributed by atoms with Gasteiger partial charge >= 0.3 is 0 Å². The van der Waals surface area contributed by atoms with E-state index in [2.05, 4.69) is 37.8 Å². The van der Waals surface area contributed by atoms with Crippen molar-refractivity contribution in [1.82, 2.24) is 4.90 Å². The Labute approximate surface area is 98.0 Å². The summed E-state index contributed by atoms with van der Waals surface area (Å²) in [6, 6.07) is 8.61. The average molecular weight is 226 g/mol. The van der Waals surface area contributed by atoms with E-state index in [9.17, 15) is 0 Å². The van der Waals surface area contributed by atoms with Crippen molar-refractivity contribution >= 4 is 11.6 Å². The van der Waals surface area contributed by atoms with Gasteiger partial charge in [-0.2, -0.15) is 0 Å². The van der Waals surface area contributed by atoms with Gasteiger partial charge in [0.05, 0.1) is 0 Å². The Hall–Kier alpha value is -0.530. The van der Waals surface area contributed by atoms with Crippen LogP contribution in [0.2, 0.25) is 5.02 Å². The Morgan fingerprint density at radius 1 is 1.13 bits per heavy atom. The van der Waals surface area contributed by atoms with E-state index in [0.29, 0.717) is 6.04 Å². The summed E-state index contributed by atoms with van der Waals surface area (Å²) in [6.07, 6.45) is 1.10. The molecule has 0 saturated carbocycles. The molecule has 0 aliphatic rings. The molecule has 1 aromatic carbocycles. The molecular weight excluding hydrogens is 206 g/mol. The summed E-state index contributed by atoms with van der Waals surface area (Å²) in [4.78, 5) is 2.45. The molecule has 0 bridgehead atoms. The maximum absolute atomic E-state index is 6.23. The van der Waals surface area contributed by atoms with Crippen LogP contribution in [0.1, 0.15) is 38.8 Å². The van der Waals surface area contributed by atoms with Crippen LogP contribution in [0.15, 0.2) is 24.3 Å². The molecule has 0 aromatic heterocycles. The topological polar surface area (TPSA) is 3.24 Å². The van der Waals surface area contributed by atoms with Crippen LogP contribution >= 0.6 is 11.6 Å². The predicted octanol–water partition coefficient (Wildman–Crippen LogP) is 4.13. The summed E-state index contributed by atoms with van der Waals surface area (Å²) in [5.41, 5.74) is 1.25. The van der Waals surface area contributed by atoms with Gasteiger partial charge in [0.1, 0.15) is 0 Å². The lowest BCUT2D eigenvalue weighted by molar-refractivity contribution is 0.213. The van der Waals surface area contributed by atoms with E-state index in [-0.39, 0.29) is 0 Å². The lowest BCUT2D eigenvalue weighted by atomic mass is 10.0. The quantitative estimate of drug-likeness (QED) is 0.728. The first kappa shape index (κ1) is 12.5. The van der Waals surface area contributed by atoms with E-state index >= 15 is 0 Å². The molecule has 2 heteroatoms. The zero-order valence-electron chi connectivity index (χ0n) is 9.83. The van der Waals surface area contributed by atoms with Gasteiger partial charge in [0, 0.05) is 11.1 Å². The molecule has 0 heterocycles. The molecule has 0 amide bonds. The lowest BCUT2D eigenvalue weighted by Crippen LogP contribution is -2.28. The molecule has 1 rings (SSSR count). The van der Waals surface area contributed by atoms with Gasteiger partial charge in [0.2, 0.25) is 0 Å². The highest BCUT2D eigenvalue weighted by atomic mass is 35.5. The van der Waals surface area contributed by atoms with Crippen LogP contribution in [-0.4, -0.2) is 18.0 Å². The van der Waals surface area contributed by atoms with Crippen LogP contribution in [0.4, 0.5) is 0 Å². The summed E-state index contributed by atoms with van der Waals surface area (Å²) in [6.45, 7) is 8.75. The molecule has 0 spiro atoms. The fourth-order valence-corrected chi connectivity index (χ4v) is 2.35. The largest absolute Gasteiger partial charge is 0.297 e. The van der Waals surface area contributed by atoms with Crippen LogP contribution in [0.5, 0.6) is 0 Å². The van der Waals surface area contributed by atoms with Crippen molar-refractivity contribution in [2.75, 3.05) is 13.1 Å². The maximum atomic E-state index is 6.23. The number of nitrogens with zero attached hydrogens (tertiary/aromatic N) is 1. The third-order valence-electron chi connectivity index (χ3n) is 2.90. The standard InChI is InChI=1S/C13H20ClN/c1-4-13(15(5-2)6-3)11-9-7-8-10-12(11)14/h7-10,13H,4-6H2,1-3H3. The van der Waals surface area contributed by atoms with Crippen molar-refractivity contribution in [2.45, 2.75) is 33.2 Å². The van der Waals surface area contributed by atoms with Gasteiger partial charge < -0.3 is 0 Å².